The van der Waals surface area contributed by atoms with Crippen LogP contribution >= 0.6 is 0 Å². The summed E-state index contributed by atoms with van der Waals surface area (Å²) in [6.45, 7) is 4.30. The highest BCUT2D eigenvalue weighted by Crippen LogP contribution is 2.37. The Morgan fingerprint density at radius 2 is 1.90 bits per heavy atom. The molecule has 2 atom stereocenters. The zero-order valence-corrected chi connectivity index (χ0v) is 12.7. The maximum Gasteiger partial charge on any atom is 0.0688 e. The molecule has 0 amide bonds. The van der Waals surface area contributed by atoms with Crippen LogP contribution in [0, 0.1) is 12.3 Å². The number of rotatable bonds is 4. The summed E-state index contributed by atoms with van der Waals surface area (Å²) in [6, 6.07) is 15.9. The van der Waals surface area contributed by atoms with Crippen molar-refractivity contribution in [2.45, 2.75) is 38.8 Å². The molecule has 1 aliphatic carbocycles. The highest BCUT2D eigenvalue weighted by atomic mass is 14.9. The van der Waals surface area contributed by atoms with E-state index in [1.807, 2.05) is 0 Å². The predicted molar refractivity (Wildman–Crippen MR) is 89.1 cm³/mol. The Bertz CT molecular complexity index is 693. The maximum absolute atomic E-state index is 5.54. The van der Waals surface area contributed by atoms with E-state index < -0.39 is 0 Å². The van der Waals surface area contributed by atoms with Gasteiger partial charge in [-0.2, -0.15) is 0 Å². The van der Waals surface area contributed by atoms with Gasteiger partial charge in [0.1, 0.15) is 0 Å². The molecule has 1 aliphatic rings. The molecule has 2 unspecified atom stereocenters. The van der Waals surface area contributed by atoms with Crippen LogP contribution in [0.1, 0.15) is 43.0 Å². The normalized spacial score (nSPS) is 14.9. The Morgan fingerprint density at radius 1 is 1.14 bits per heavy atom. The summed E-state index contributed by atoms with van der Waals surface area (Å²) in [5.41, 5.74) is 6.94. The molecule has 0 heterocycles. The van der Waals surface area contributed by atoms with Crippen LogP contribution in [-0.4, -0.2) is 6.04 Å². The average Bonchev–Trinajstić information content (AvgIpc) is 2.89. The molecule has 0 saturated heterocycles. The van der Waals surface area contributed by atoms with Gasteiger partial charge < -0.3 is 0 Å². The number of fused-ring (bicyclic) bond motifs is 3. The molecule has 2 aromatic carbocycles. The highest BCUT2D eigenvalue weighted by molar-refractivity contribution is 5.76. The third-order valence-corrected chi connectivity index (χ3v) is 4.38. The van der Waals surface area contributed by atoms with Gasteiger partial charge in [-0.1, -0.05) is 55.3 Å². The van der Waals surface area contributed by atoms with E-state index in [2.05, 4.69) is 67.5 Å². The van der Waals surface area contributed by atoms with Gasteiger partial charge in [0.2, 0.25) is 0 Å². The van der Waals surface area contributed by atoms with Crippen LogP contribution in [0.5, 0.6) is 0 Å². The van der Waals surface area contributed by atoms with Crippen LogP contribution in [0.3, 0.4) is 0 Å². The van der Waals surface area contributed by atoms with Gasteiger partial charge in [-0.05, 0) is 47.6 Å². The summed E-state index contributed by atoms with van der Waals surface area (Å²) in [6.07, 6.45) is 7.54. The van der Waals surface area contributed by atoms with Gasteiger partial charge in [-0.3, -0.25) is 5.32 Å². The van der Waals surface area contributed by atoms with Crippen molar-refractivity contribution in [1.29, 1.82) is 0 Å². The van der Waals surface area contributed by atoms with Gasteiger partial charge >= 0.3 is 0 Å². The molecular formula is C20H21N. The summed E-state index contributed by atoms with van der Waals surface area (Å²) in [5, 5.41) is 3.51. The zero-order chi connectivity index (χ0) is 14.8. The van der Waals surface area contributed by atoms with Gasteiger partial charge in [0.15, 0.2) is 0 Å². The van der Waals surface area contributed by atoms with Gasteiger partial charge in [0, 0.05) is 6.04 Å². The van der Waals surface area contributed by atoms with E-state index >= 15 is 0 Å². The second-order valence-corrected chi connectivity index (χ2v) is 5.77. The molecule has 0 fully saturated rings. The van der Waals surface area contributed by atoms with Crippen molar-refractivity contribution in [3.05, 3.63) is 59.2 Å². The molecule has 1 heteroatoms. The van der Waals surface area contributed by atoms with Crippen LogP contribution in [-0.2, 0) is 6.42 Å². The molecule has 106 valence electrons. The average molecular weight is 275 g/mol. The Balaban J connectivity index is 1.85. The fourth-order valence-electron chi connectivity index (χ4n) is 3.12. The number of hydrogen-bond acceptors (Lipinski definition) is 1. The first-order valence-corrected chi connectivity index (χ1v) is 7.66. The van der Waals surface area contributed by atoms with Crippen LogP contribution < -0.4 is 5.32 Å². The first-order valence-electron chi connectivity index (χ1n) is 7.66. The largest absolute Gasteiger partial charge is 0.297 e. The van der Waals surface area contributed by atoms with E-state index in [1.165, 1.54) is 27.8 Å². The van der Waals surface area contributed by atoms with Crippen LogP contribution in [0.4, 0.5) is 0 Å². The fourth-order valence-corrected chi connectivity index (χ4v) is 3.12. The molecule has 0 saturated carbocycles. The van der Waals surface area contributed by atoms with Gasteiger partial charge in [-0.15, -0.1) is 6.42 Å². The summed E-state index contributed by atoms with van der Waals surface area (Å²) < 4.78 is 0. The molecule has 1 N–H and O–H groups in total. The molecule has 1 nitrogen and oxygen atoms in total. The number of nitrogens with one attached hydrogen (secondary N) is 1. The number of terminal acetylenes is 1. The Morgan fingerprint density at radius 3 is 2.67 bits per heavy atom. The van der Waals surface area contributed by atoms with E-state index in [4.69, 9.17) is 6.42 Å². The summed E-state index contributed by atoms with van der Waals surface area (Å²) in [4.78, 5) is 0. The van der Waals surface area contributed by atoms with E-state index in [-0.39, 0.29) is 12.1 Å². The van der Waals surface area contributed by atoms with Crippen molar-refractivity contribution in [1.82, 2.24) is 5.32 Å². The maximum atomic E-state index is 5.54. The second-order valence-electron chi connectivity index (χ2n) is 5.77. The van der Waals surface area contributed by atoms with Crippen LogP contribution in [0.25, 0.3) is 11.1 Å². The Kier molecular flexibility index (Phi) is 3.82. The predicted octanol–water partition coefficient (Wildman–Crippen LogP) is 4.32. The van der Waals surface area contributed by atoms with Gasteiger partial charge in [-0.25, -0.2) is 0 Å². The van der Waals surface area contributed by atoms with Crippen molar-refractivity contribution < 1.29 is 0 Å². The van der Waals surface area contributed by atoms with E-state index in [0.29, 0.717) is 0 Å². The first-order chi connectivity index (χ1) is 10.2. The SMILES string of the molecule is C#CC(CC)NC(C)c1ccc2c(c1)Cc1ccccc1-2. The summed E-state index contributed by atoms with van der Waals surface area (Å²) in [5.74, 6) is 2.81. The Hall–Kier alpha value is -2.04. The monoisotopic (exact) mass is 275 g/mol. The highest BCUT2D eigenvalue weighted by Gasteiger charge is 2.19. The molecule has 2 aromatic rings. The van der Waals surface area contributed by atoms with Crippen molar-refractivity contribution in [2.24, 2.45) is 0 Å². The lowest BCUT2D eigenvalue weighted by Gasteiger charge is -2.19. The smallest absolute Gasteiger partial charge is 0.0688 e. The second kappa shape index (κ2) is 5.76. The molecule has 0 radical (unpaired) electrons. The van der Waals surface area contributed by atoms with Crippen LogP contribution in [0.2, 0.25) is 0 Å². The van der Waals surface area contributed by atoms with Crippen molar-refractivity contribution in [3.63, 3.8) is 0 Å². The lowest BCUT2D eigenvalue weighted by Crippen LogP contribution is -2.29. The molecular weight excluding hydrogens is 254 g/mol. The van der Waals surface area contributed by atoms with E-state index in [1.54, 1.807) is 0 Å². The minimum absolute atomic E-state index is 0.144. The van der Waals surface area contributed by atoms with Crippen LogP contribution in [0.15, 0.2) is 42.5 Å². The molecule has 0 aliphatic heterocycles. The third-order valence-electron chi connectivity index (χ3n) is 4.38. The van der Waals surface area contributed by atoms with E-state index in [9.17, 15) is 0 Å². The molecule has 3 rings (SSSR count). The number of hydrogen-bond donors (Lipinski definition) is 1. The Labute approximate surface area is 127 Å². The van der Waals surface area contributed by atoms with Gasteiger partial charge in [0.25, 0.3) is 0 Å². The topological polar surface area (TPSA) is 12.0 Å². The van der Waals surface area contributed by atoms with Gasteiger partial charge in [0.05, 0.1) is 6.04 Å². The van der Waals surface area contributed by atoms with E-state index in [0.717, 1.165) is 12.8 Å². The minimum atomic E-state index is 0.144. The first kappa shape index (κ1) is 13.9. The lowest BCUT2D eigenvalue weighted by molar-refractivity contribution is 0.512. The van der Waals surface area contributed by atoms with Crippen molar-refractivity contribution in [3.8, 4) is 23.5 Å². The van der Waals surface area contributed by atoms with Crippen molar-refractivity contribution in [2.75, 3.05) is 0 Å². The molecule has 0 aromatic heterocycles. The fraction of sp³-hybridized carbons (Fsp3) is 0.300. The molecule has 21 heavy (non-hydrogen) atoms. The lowest BCUT2D eigenvalue weighted by atomic mass is 9.99. The summed E-state index contributed by atoms with van der Waals surface area (Å²) in [7, 11) is 0. The molecule has 0 bridgehead atoms. The zero-order valence-electron chi connectivity index (χ0n) is 12.7. The molecule has 0 spiro atoms. The number of benzene rings is 2. The minimum Gasteiger partial charge on any atom is -0.297 e. The van der Waals surface area contributed by atoms with Crippen molar-refractivity contribution >= 4 is 0 Å². The third kappa shape index (κ3) is 2.60. The summed E-state index contributed by atoms with van der Waals surface area (Å²) >= 11 is 0. The quantitative estimate of drug-likeness (QED) is 0.699. The standard InChI is InChI=1S/C20H21N/c1-4-18(5-2)21-14(3)15-10-11-20-17(12-15)13-16-8-6-7-9-19(16)20/h1,6-12,14,18,21H,5,13H2,2-3H3.